The van der Waals surface area contributed by atoms with Gasteiger partial charge in [0.25, 0.3) is 0 Å². The molecule has 0 radical (unpaired) electrons. The lowest BCUT2D eigenvalue weighted by Gasteiger charge is -2.29. The first-order valence-corrected chi connectivity index (χ1v) is 7.61. The summed E-state index contributed by atoms with van der Waals surface area (Å²) in [6, 6.07) is 6.67. The maximum absolute atomic E-state index is 9.16. The van der Waals surface area contributed by atoms with Crippen LogP contribution >= 0.6 is 11.8 Å². The third kappa shape index (κ3) is 3.22. The number of nitrogens with zero attached hydrogens (tertiary/aromatic N) is 4. The van der Waals surface area contributed by atoms with E-state index in [9.17, 15) is 0 Å². The van der Waals surface area contributed by atoms with Gasteiger partial charge < -0.3 is 16.0 Å². The molecule has 1 aromatic rings. The van der Waals surface area contributed by atoms with E-state index in [2.05, 4.69) is 10.3 Å². The number of thioether (sulfide) groups is 1. The molecule has 0 spiro atoms. The molecule has 2 heterocycles. The molecule has 0 atom stereocenters. The lowest BCUT2D eigenvalue weighted by Crippen LogP contribution is -2.33. The maximum atomic E-state index is 9.16. The lowest BCUT2D eigenvalue weighted by atomic mass is 10.2. The van der Waals surface area contributed by atoms with E-state index in [1.165, 1.54) is 11.8 Å². The molecule has 0 aliphatic carbocycles. The lowest BCUT2D eigenvalue weighted by molar-refractivity contribution is 0.460. The summed E-state index contributed by atoms with van der Waals surface area (Å²) >= 11 is 1.44. The predicted molar refractivity (Wildman–Crippen MR) is 86.7 cm³/mol. The molecule has 1 aromatic heterocycles. The fraction of sp³-hybridized carbons (Fsp3) is 0.133. The molecule has 22 heavy (non-hydrogen) atoms. The van der Waals surface area contributed by atoms with E-state index in [1.807, 2.05) is 30.5 Å². The van der Waals surface area contributed by atoms with Crippen molar-refractivity contribution >= 4 is 17.4 Å². The Morgan fingerprint density at radius 2 is 2.23 bits per heavy atom. The van der Waals surface area contributed by atoms with Crippen LogP contribution in [0.1, 0.15) is 0 Å². The van der Waals surface area contributed by atoms with Gasteiger partial charge in [-0.15, -0.1) is 11.8 Å². The molecule has 0 aromatic carbocycles. The summed E-state index contributed by atoms with van der Waals surface area (Å²) in [5.41, 5.74) is 7.96. The van der Waals surface area contributed by atoms with Crippen molar-refractivity contribution in [1.82, 2.24) is 9.88 Å². The molecule has 0 amide bonds. The monoisotopic (exact) mass is 310 g/mol. The van der Waals surface area contributed by atoms with E-state index in [0.717, 1.165) is 10.7 Å². The van der Waals surface area contributed by atoms with Crippen molar-refractivity contribution < 1.29 is 0 Å². The summed E-state index contributed by atoms with van der Waals surface area (Å²) in [6.07, 6.45) is 10.4. The number of pyridine rings is 1. The van der Waals surface area contributed by atoms with E-state index in [-0.39, 0.29) is 0 Å². The Labute approximate surface area is 133 Å². The average molecular weight is 310 g/mol. The topological polar surface area (TPSA) is 102 Å². The Morgan fingerprint density at radius 1 is 1.45 bits per heavy atom. The Kier molecular flexibility index (Phi) is 5.07. The maximum Gasteiger partial charge on any atom is 0.208 e. The second-order valence-corrected chi connectivity index (χ2v) is 5.10. The molecule has 0 saturated carbocycles. The second kappa shape index (κ2) is 7.21. The molecular weight excluding hydrogens is 296 g/mol. The van der Waals surface area contributed by atoms with E-state index in [1.54, 1.807) is 35.6 Å². The highest BCUT2D eigenvalue weighted by atomic mass is 32.2. The van der Waals surface area contributed by atoms with Crippen LogP contribution in [0.2, 0.25) is 0 Å². The Morgan fingerprint density at radius 3 is 2.82 bits per heavy atom. The van der Waals surface area contributed by atoms with Gasteiger partial charge in [-0.05, 0) is 30.5 Å². The summed E-state index contributed by atoms with van der Waals surface area (Å²) in [7, 11) is 0. The first-order chi connectivity index (χ1) is 10.7. The summed E-state index contributed by atoms with van der Waals surface area (Å²) in [4.78, 5) is 5.61. The Balaban J connectivity index is 2.46. The smallest absolute Gasteiger partial charge is 0.208 e. The van der Waals surface area contributed by atoms with Crippen molar-refractivity contribution in [3.05, 3.63) is 59.3 Å². The summed E-state index contributed by atoms with van der Waals surface area (Å²) < 4.78 is 0. The van der Waals surface area contributed by atoms with Crippen LogP contribution in [-0.2, 0) is 0 Å². The van der Waals surface area contributed by atoms with Crippen LogP contribution in [-0.4, -0.2) is 22.2 Å². The third-order valence-electron chi connectivity index (χ3n) is 2.92. The van der Waals surface area contributed by atoms with E-state index in [0.29, 0.717) is 11.4 Å². The zero-order valence-electron chi connectivity index (χ0n) is 11.9. The van der Waals surface area contributed by atoms with Crippen LogP contribution in [0.5, 0.6) is 0 Å². The van der Waals surface area contributed by atoms with Gasteiger partial charge in [-0.25, -0.2) is 0 Å². The minimum absolute atomic E-state index is 0.485. The van der Waals surface area contributed by atoms with Crippen molar-refractivity contribution in [3.63, 3.8) is 0 Å². The molecule has 110 valence electrons. The third-order valence-corrected chi connectivity index (χ3v) is 3.62. The van der Waals surface area contributed by atoms with Gasteiger partial charge in [-0.2, -0.15) is 10.5 Å². The Hall–Kier alpha value is -2.90. The van der Waals surface area contributed by atoms with Crippen LogP contribution in [0.3, 0.4) is 0 Å². The van der Waals surface area contributed by atoms with E-state index < -0.39 is 6.04 Å². The van der Waals surface area contributed by atoms with Gasteiger partial charge in [0, 0.05) is 12.4 Å². The van der Waals surface area contributed by atoms with Crippen LogP contribution in [0.25, 0.3) is 0 Å². The summed E-state index contributed by atoms with van der Waals surface area (Å²) in [6.45, 7) is 0. The quantitative estimate of drug-likeness (QED) is 0.878. The van der Waals surface area contributed by atoms with Gasteiger partial charge in [0.05, 0.1) is 28.3 Å². The Bertz CT molecular complexity index is 694. The SMILES string of the molecule is CSC(Nc1cccnc1)=C1C(N)=CC=CN1C(C#N)C#N. The highest BCUT2D eigenvalue weighted by Gasteiger charge is 2.25. The van der Waals surface area contributed by atoms with Crippen molar-refractivity contribution in [1.29, 1.82) is 10.5 Å². The van der Waals surface area contributed by atoms with Crippen LogP contribution in [0.4, 0.5) is 5.69 Å². The molecule has 1 aliphatic heterocycles. The number of hydrogen-bond acceptors (Lipinski definition) is 7. The standard InChI is InChI=1S/C15H14N6S/c1-22-15(20-11-4-2-6-19-10-11)14-13(18)5-3-7-21(14)12(8-16)9-17/h2-7,10,12,20H,18H2,1H3. The van der Waals surface area contributed by atoms with Crippen LogP contribution in [0, 0.1) is 22.7 Å². The van der Waals surface area contributed by atoms with Gasteiger partial charge in [-0.3, -0.25) is 4.98 Å². The summed E-state index contributed by atoms with van der Waals surface area (Å²) in [5, 5.41) is 22.3. The van der Waals surface area contributed by atoms with Crippen LogP contribution in [0.15, 0.2) is 59.3 Å². The van der Waals surface area contributed by atoms with Crippen molar-refractivity contribution in [3.8, 4) is 12.1 Å². The number of nitrogens with two attached hydrogens (primary N) is 1. The number of allylic oxidation sites excluding steroid dienone is 2. The highest BCUT2D eigenvalue weighted by Crippen LogP contribution is 2.29. The van der Waals surface area contributed by atoms with Crippen molar-refractivity contribution in [2.45, 2.75) is 6.04 Å². The molecule has 0 fully saturated rings. The molecule has 3 N–H and O–H groups in total. The largest absolute Gasteiger partial charge is 0.397 e. The molecular formula is C15H14N6S. The predicted octanol–water partition coefficient (Wildman–Crippen LogP) is 2.11. The second-order valence-electron chi connectivity index (χ2n) is 4.28. The number of nitriles is 2. The zero-order valence-corrected chi connectivity index (χ0v) is 12.7. The van der Waals surface area contributed by atoms with E-state index in [4.69, 9.17) is 16.3 Å². The van der Waals surface area contributed by atoms with Gasteiger partial charge in [0.2, 0.25) is 6.04 Å². The molecule has 0 saturated heterocycles. The van der Waals surface area contributed by atoms with E-state index >= 15 is 0 Å². The minimum atomic E-state index is -0.948. The first-order valence-electron chi connectivity index (χ1n) is 6.38. The molecule has 0 bridgehead atoms. The fourth-order valence-corrected chi connectivity index (χ4v) is 2.57. The van der Waals surface area contributed by atoms with Crippen LogP contribution < -0.4 is 11.1 Å². The summed E-state index contributed by atoms with van der Waals surface area (Å²) in [5.74, 6) is 0. The molecule has 7 heteroatoms. The molecule has 0 unspecified atom stereocenters. The molecule has 2 rings (SSSR count). The van der Waals surface area contributed by atoms with Gasteiger partial charge in [0.15, 0.2) is 0 Å². The van der Waals surface area contributed by atoms with Gasteiger partial charge in [-0.1, -0.05) is 0 Å². The number of nitrogens with one attached hydrogen (secondary N) is 1. The molecule has 6 nitrogen and oxygen atoms in total. The normalized spacial score (nSPS) is 15.8. The number of hydrogen-bond donors (Lipinski definition) is 2. The highest BCUT2D eigenvalue weighted by molar-refractivity contribution is 8.02. The van der Waals surface area contributed by atoms with Gasteiger partial charge >= 0.3 is 0 Å². The first kappa shape index (κ1) is 15.5. The number of aromatic nitrogens is 1. The zero-order chi connectivity index (χ0) is 15.9. The minimum Gasteiger partial charge on any atom is -0.397 e. The van der Waals surface area contributed by atoms with Crippen molar-refractivity contribution in [2.75, 3.05) is 11.6 Å². The van der Waals surface area contributed by atoms with Gasteiger partial charge in [0.1, 0.15) is 12.1 Å². The number of rotatable bonds is 4. The van der Waals surface area contributed by atoms with Crippen molar-refractivity contribution in [2.24, 2.45) is 5.73 Å². The molecule has 1 aliphatic rings. The fourth-order valence-electron chi connectivity index (χ4n) is 1.93. The average Bonchev–Trinajstić information content (AvgIpc) is 2.55. The number of anilines is 1.